The molecular formula is C20H20Cl2N4O2S2. The first-order chi connectivity index (χ1) is 14.3. The van der Waals surface area contributed by atoms with Gasteiger partial charge in [-0.1, -0.05) is 48.8 Å². The predicted molar refractivity (Wildman–Crippen MR) is 125 cm³/mol. The summed E-state index contributed by atoms with van der Waals surface area (Å²) in [7, 11) is 0. The highest BCUT2D eigenvalue weighted by molar-refractivity contribution is 7.99. The number of benzene rings is 1. The topological polar surface area (TPSA) is 90.1 Å². The third-order valence-electron chi connectivity index (χ3n) is 4.86. The molecule has 0 spiro atoms. The molecule has 0 bridgehead atoms. The van der Waals surface area contributed by atoms with Crippen molar-refractivity contribution >= 4 is 73.9 Å². The Labute approximate surface area is 192 Å². The second kappa shape index (κ2) is 8.88. The van der Waals surface area contributed by atoms with Crippen LogP contribution in [0.25, 0.3) is 10.2 Å². The van der Waals surface area contributed by atoms with Crippen LogP contribution in [-0.2, 0) is 22.6 Å². The Kier molecular flexibility index (Phi) is 6.41. The number of aromatic nitrogens is 2. The first-order valence-electron chi connectivity index (χ1n) is 9.39. The first-order valence-corrected chi connectivity index (χ1v) is 11.9. The molecule has 0 radical (unpaired) electrons. The van der Waals surface area contributed by atoms with E-state index in [4.69, 9.17) is 33.7 Å². The maximum absolute atomic E-state index is 12.3. The van der Waals surface area contributed by atoms with Gasteiger partial charge in [-0.15, -0.1) is 11.3 Å². The minimum atomic E-state index is -0.217. The zero-order valence-electron chi connectivity index (χ0n) is 16.4. The summed E-state index contributed by atoms with van der Waals surface area (Å²) < 4.78 is 5.96. The number of ether oxygens (including phenoxy) is 1. The summed E-state index contributed by atoms with van der Waals surface area (Å²) in [5, 5.41) is 5.05. The highest BCUT2D eigenvalue weighted by Crippen LogP contribution is 2.39. The maximum Gasteiger partial charge on any atom is 0.234 e. The molecule has 6 nitrogen and oxygen atoms in total. The molecule has 0 saturated heterocycles. The number of fused-ring (bicyclic) bond motifs is 3. The van der Waals surface area contributed by atoms with Gasteiger partial charge in [-0.3, -0.25) is 4.79 Å². The lowest BCUT2D eigenvalue weighted by molar-refractivity contribution is -0.113. The molecule has 0 fully saturated rings. The minimum Gasteiger partial charge on any atom is -0.383 e. The number of carbonyl (C=O) groups excluding carboxylic acids is 1. The normalized spacial score (nSPS) is 16.1. The van der Waals surface area contributed by atoms with E-state index in [0.29, 0.717) is 39.2 Å². The Hall–Kier alpha value is -1.58. The average molecular weight is 483 g/mol. The second-order valence-electron chi connectivity index (χ2n) is 7.33. The van der Waals surface area contributed by atoms with Crippen molar-refractivity contribution in [2.24, 2.45) is 5.92 Å². The fraction of sp³-hybridized carbons (Fsp3) is 0.350. The van der Waals surface area contributed by atoms with Crippen LogP contribution in [0.2, 0.25) is 10.0 Å². The Morgan fingerprint density at radius 1 is 1.40 bits per heavy atom. The van der Waals surface area contributed by atoms with Crippen LogP contribution in [0.4, 0.5) is 11.5 Å². The third kappa shape index (κ3) is 4.53. The largest absolute Gasteiger partial charge is 0.383 e. The number of carbonyl (C=O) groups is 1. The fourth-order valence-corrected chi connectivity index (χ4v) is 5.58. The molecule has 1 aliphatic heterocycles. The van der Waals surface area contributed by atoms with Crippen LogP contribution in [0.5, 0.6) is 0 Å². The number of thiophene rings is 1. The zero-order chi connectivity index (χ0) is 21.4. The molecule has 2 aromatic heterocycles. The van der Waals surface area contributed by atoms with E-state index in [2.05, 4.69) is 29.1 Å². The molecular weight excluding hydrogens is 463 g/mol. The van der Waals surface area contributed by atoms with Crippen molar-refractivity contribution in [3.63, 3.8) is 0 Å². The second-order valence-corrected chi connectivity index (χ2v) is 10.2. The quantitative estimate of drug-likeness (QED) is 0.373. The molecule has 1 aromatic carbocycles. The van der Waals surface area contributed by atoms with Crippen molar-refractivity contribution in [3.8, 4) is 0 Å². The standard InChI is InChI=1S/C20H20Cl2N4O2S2/c1-9(2)14-6-11-15(7-28-14)30-19-17(11)18(23)25-20(26-19)29-8-16(27)24-13-4-3-10(21)5-12(13)22/h3-5,9,14H,6-8H2,1-2H3,(H,24,27)(H2,23,25,26)/t14-/m1/s1. The van der Waals surface area contributed by atoms with Gasteiger partial charge in [0.2, 0.25) is 5.91 Å². The van der Waals surface area contributed by atoms with E-state index < -0.39 is 0 Å². The summed E-state index contributed by atoms with van der Waals surface area (Å²) in [4.78, 5) is 23.4. The van der Waals surface area contributed by atoms with Crippen molar-refractivity contribution in [3.05, 3.63) is 38.7 Å². The summed E-state index contributed by atoms with van der Waals surface area (Å²) in [6.07, 6.45) is 0.990. The van der Waals surface area contributed by atoms with E-state index in [1.54, 1.807) is 29.5 Å². The number of nitrogen functional groups attached to an aromatic ring is 1. The Balaban J connectivity index is 1.48. The monoisotopic (exact) mass is 482 g/mol. The lowest BCUT2D eigenvalue weighted by Crippen LogP contribution is -2.26. The van der Waals surface area contributed by atoms with Crippen molar-refractivity contribution in [1.29, 1.82) is 0 Å². The van der Waals surface area contributed by atoms with Crippen LogP contribution >= 0.6 is 46.3 Å². The van der Waals surface area contributed by atoms with Crippen LogP contribution in [0.1, 0.15) is 24.3 Å². The highest BCUT2D eigenvalue weighted by atomic mass is 35.5. The third-order valence-corrected chi connectivity index (χ3v) is 7.35. The fourth-order valence-electron chi connectivity index (χ4n) is 3.29. The maximum atomic E-state index is 12.3. The molecule has 1 aliphatic rings. The molecule has 1 atom stereocenters. The molecule has 0 unspecified atom stereocenters. The summed E-state index contributed by atoms with van der Waals surface area (Å²) in [5.74, 6) is 0.793. The molecule has 30 heavy (non-hydrogen) atoms. The molecule has 1 amide bonds. The lowest BCUT2D eigenvalue weighted by Gasteiger charge is -2.26. The molecule has 3 aromatic rings. The first kappa shape index (κ1) is 21.6. The summed E-state index contributed by atoms with van der Waals surface area (Å²) in [6.45, 7) is 4.88. The average Bonchev–Trinajstić information content (AvgIpc) is 3.06. The van der Waals surface area contributed by atoms with Crippen molar-refractivity contribution < 1.29 is 9.53 Å². The number of anilines is 2. The summed E-state index contributed by atoms with van der Waals surface area (Å²) in [5.41, 5.74) is 7.99. The number of hydrogen-bond acceptors (Lipinski definition) is 7. The van der Waals surface area contributed by atoms with Crippen molar-refractivity contribution in [2.45, 2.75) is 38.1 Å². The molecule has 3 N–H and O–H groups in total. The number of thioether (sulfide) groups is 1. The Morgan fingerprint density at radius 2 is 2.20 bits per heavy atom. The number of nitrogens with two attached hydrogens (primary N) is 1. The van der Waals surface area contributed by atoms with E-state index in [9.17, 15) is 4.79 Å². The van der Waals surface area contributed by atoms with Gasteiger partial charge in [0.05, 0.1) is 34.6 Å². The van der Waals surface area contributed by atoms with Crippen LogP contribution in [-0.4, -0.2) is 27.7 Å². The molecule has 0 saturated carbocycles. The van der Waals surface area contributed by atoms with Crippen LogP contribution in [0.3, 0.4) is 0 Å². The van der Waals surface area contributed by atoms with Gasteiger partial charge in [0.15, 0.2) is 5.16 Å². The Morgan fingerprint density at radius 3 is 2.93 bits per heavy atom. The number of amides is 1. The van der Waals surface area contributed by atoms with E-state index in [1.807, 2.05) is 0 Å². The Bertz CT molecular complexity index is 1120. The number of rotatable bonds is 5. The smallest absolute Gasteiger partial charge is 0.234 e. The number of nitrogens with zero attached hydrogens (tertiary/aromatic N) is 2. The predicted octanol–water partition coefficient (Wildman–Crippen LogP) is 5.41. The number of hydrogen-bond donors (Lipinski definition) is 2. The van der Waals surface area contributed by atoms with E-state index >= 15 is 0 Å². The highest BCUT2D eigenvalue weighted by Gasteiger charge is 2.27. The summed E-state index contributed by atoms with van der Waals surface area (Å²) >= 11 is 14.8. The lowest BCUT2D eigenvalue weighted by atomic mass is 9.96. The van der Waals surface area contributed by atoms with E-state index in [1.165, 1.54) is 17.3 Å². The molecule has 158 valence electrons. The van der Waals surface area contributed by atoms with Crippen LogP contribution in [0.15, 0.2) is 23.4 Å². The molecule has 10 heteroatoms. The van der Waals surface area contributed by atoms with Gasteiger partial charge in [-0.05, 0) is 29.7 Å². The molecule has 0 aliphatic carbocycles. The SMILES string of the molecule is CC(C)[C@H]1Cc2c(sc3nc(SCC(=O)Nc4ccc(Cl)cc4Cl)nc(N)c23)CO1. The van der Waals surface area contributed by atoms with Gasteiger partial charge in [-0.2, -0.15) is 0 Å². The minimum absolute atomic E-state index is 0.132. The van der Waals surface area contributed by atoms with Crippen molar-refractivity contribution in [1.82, 2.24) is 9.97 Å². The number of halogens is 2. The van der Waals surface area contributed by atoms with E-state index in [-0.39, 0.29) is 17.8 Å². The summed E-state index contributed by atoms with van der Waals surface area (Å²) in [6, 6.07) is 4.91. The van der Waals surface area contributed by atoms with E-state index in [0.717, 1.165) is 21.5 Å². The van der Waals surface area contributed by atoms with Crippen LogP contribution < -0.4 is 11.1 Å². The molecule has 3 heterocycles. The van der Waals surface area contributed by atoms with Gasteiger partial charge in [0, 0.05) is 16.3 Å². The van der Waals surface area contributed by atoms with Crippen molar-refractivity contribution in [2.75, 3.05) is 16.8 Å². The van der Waals surface area contributed by atoms with Crippen LogP contribution in [0, 0.1) is 5.92 Å². The van der Waals surface area contributed by atoms with Gasteiger partial charge < -0.3 is 15.8 Å². The van der Waals surface area contributed by atoms with Gasteiger partial charge in [0.1, 0.15) is 10.6 Å². The molecule has 4 rings (SSSR count). The van der Waals surface area contributed by atoms with Gasteiger partial charge >= 0.3 is 0 Å². The number of nitrogens with one attached hydrogen (secondary N) is 1. The zero-order valence-corrected chi connectivity index (χ0v) is 19.5. The van der Waals surface area contributed by atoms with Gasteiger partial charge in [0.25, 0.3) is 0 Å². The van der Waals surface area contributed by atoms with Gasteiger partial charge in [-0.25, -0.2) is 9.97 Å².